The first-order chi connectivity index (χ1) is 16.9. The second kappa shape index (κ2) is 20.0. The van der Waals surface area contributed by atoms with Gasteiger partial charge in [0.25, 0.3) is 0 Å². The summed E-state index contributed by atoms with van der Waals surface area (Å²) >= 11 is 0. The lowest BCUT2D eigenvalue weighted by molar-refractivity contribution is -0.870. The summed E-state index contributed by atoms with van der Waals surface area (Å²) < 4.78 is 31.9. The molecule has 0 saturated carbocycles. The van der Waals surface area contributed by atoms with Crippen LogP contribution in [0.1, 0.15) is 116 Å². The topological polar surface area (TPSA) is 104 Å². The van der Waals surface area contributed by atoms with Gasteiger partial charge < -0.3 is 9.04 Å². The van der Waals surface area contributed by atoms with E-state index >= 15 is 0 Å². The number of carbonyl (C=O) groups is 2. The molecule has 0 aromatic carbocycles. The Morgan fingerprint density at radius 2 is 1.25 bits per heavy atom. The maximum Gasteiger partial charge on any atom is 0.232 e. The smallest absolute Gasteiger partial charge is 0.232 e. The van der Waals surface area contributed by atoms with Crippen LogP contribution in [0.2, 0.25) is 0 Å². The number of likely N-dealkylation sites (tertiary alicyclic amines) is 1. The Labute approximate surface area is 221 Å². The molecule has 8 nitrogen and oxygen atoms in total. The fourth-order valence-electron chi connectivity index (χ4n) is 4.50. The molecule has 1 heterocycles. The second-order valence-electron chi connectivity index (χ2n) is 11.1. The number of amides is 2. The molecule has 0 bridgehead atoms. The average molecular weight is 535 g/mol. The van der Waals surface area contributed by atoms with E-state index in [1.54, 1.807) is 0 Å². The Kier molecular flexibility index (Phi) is 19.4. The molecule has 9 heteroatoms. The molecule has 36 heavy (non-hydrogen) atoms. The average Bonchev–Trinajstić information content (AvgIpc) is 3.06. The second-order valence-corrected chi connectivity index (χ2v) is 12.3. The first-order valence-corrected chi connectivity index (χ1v) is 15.4. The van der Waals surface area contributed by atoms with Crippen LogP contribution in [0, 0.1) is 5.92 Å². The van der Waals surface area contributed by atoms with Crippen LogP contribution >= 0.6 is 0 Å². The Morgan fingerprint density at radius 1 is 0.833 bits per heavy atom. The summed E-state index contributed by atoms with van der Waals surface area (Å²) in [4.78, 5) is 26.3. The van der Waals surface area contributed by atoms with Gasteiger partial charge >= 0.3 is 0 Å². The van der Waals surface area contributed by atoms with Gasteiger partial charge in [-0.3, -0.25) is 18.7 Å². The molecule has 1 rings (SSSR count). The number of quaternary nitrogens is 1. The van der Waals surface area contributed by atoms with Crippen molar-refractivity contribution in [3.63, 3.8) is 0 Å². The fourth-order valence-corrected chi connectivity index (χ4v) is 4.50. The van der Waals surface area contributed by atoms with Crippen LogP contribution < -0.4 is 0 Å². The highest BCUT2D eigenvalue weighted by atomic mass is 32.3. The lowest BCUT2D eigenvalue weighted by Gasteiger charge is -2.25. The minimum atomic E-state index is -4.41. The number of unbranched alkanes of at least 4 members (excludes halogenated alkanes) is 13. The summed E-state index contributed by atoms with van der Waals surface area (Å²) in [6, 6.07) is 0. The lowest BCUT2D eigenvalue weighted by atomic mass is 9.98. The molecule has 1 fully saturated rings. The molecule has 214 valence electrons. The zero-order valence-corrected chi connectivity index (χ0v) is 24.6. The van der Waals surface area contributed by atoms with Gasteiger partial charge in [0.05, 0.1) is 34.8 Å². The molecule has 0 aromatic heterocycles. The van der Waals surface area contributed by atoms with E-state index in [0.717, 1.165) is 37.4 Å². The molecule has 0 aliphatic carbocycles. The van der Waals surface area contributed by atoms with E-state index in [1.807, 2.05) is 0 Å². The van der Waals surface area contributed by atoms with E-state index in [4.69, 9.17) is 0 Å². The number of nitrogens with zero attached hydrogens (tertiary/aromatic N) is 2. The van der Waals surface area contributed by atoms with Crippen LogP contribution in [0.3, 0.4) is 0 Å². The van der Waals surface area contributed by atoms with Crippen molar-refractivity contribution in [3.05, 3.63) is 0 Å². The van der Waals surface area contributed by atoms with Gasteiger partial charge in [0, 0.05) is 25.3 Å². The van der Waals surface area contributed by atoms with E-state index < -0.39 is 10.4 Å². The molecule has 0 radical (unpaired) electrons. The summed E-state index contributed by atoms with van der Waals surface area (Å²) in [7, 11) is 2.83. The van der Waals surface area contributed by atoms with E-state index in [0.29, 0.717) is 13.0 Å². The number of rotatable bonds is 20. The van der Waals surface area contributed by atoms with Gasteiger partial charge in [0.15, 0.2) is 0 Å². The Balaban J connectivity index is 0.00000181. The minimum absolute atomic E-state index is 0.0426. The van der Waals surface area contributed by atoms with E-state index in [-0.39, 0.29) is 17.7 Å². The number of imide groups is 1. The Hall–Kier alpha value is -1.03. The lowest BCUT2D eigenvalue weighted by Crippen LogP contribution is -2.39. The van der Waals surface area contributed by atoms with Crippen LogP contribution in [-0.4, -0.2) is 75.5 Å². The van der Waals surface area contributed by atoms with Gasteiger partial charge in [-0.05, 0) is 6.42 Å². The van der Waals surface area contributed by atoms with Gasteiger partial charge in [-0.2, -0.15) is 0 Å². The zero-order chi connectivity index (χ0) is 27.5. The van der Waals surface area contributed by atoms with Gasteiger partial charge in [-0.25, -0.2) is 8.42 Å². The maximum absolute atomic E-state index is 12.5. The molecule has 2 amide bonds. The minimum Gasteiger partial charge on any atom is -0.726 e. The summed E-state index contributed by atoms with van der Waals surface area (Å²) in [5.74, 6) is 0.104. The van der Waals surface area contributed by atoms with Gasteiger partial charge in [-0.1, -0.05) is 96.8 Å². The van der Waals surface area contributed by atoms with Gasteiger partial charge in [0.1, 0.15) is 0 Å². The van der Waals surface area contributed by atoms with Crippen molar-refractivity contribution < 1.29 is 31.2 Å². The number of carbonyl (C=O) groups excluding carboxylic acids is 2. The molecule has 1 atom stereocenters. The third-order valence-electron chi connectivity index (χ3n) is 6.66. The van der Waals surface area contributed by atoms with Gasteiger partial charge in [-0.15, -0.1) is 0 Å². The highest BCUT2D eigenvalue weighted by Gasteiger charge is 2.37. The van der Waals surface area contributed by atoms with Crippen molar-refractivity contribution >= 4 is 22.2 Å². The fraction of sp³-hybridized carbons (Fsp3) is 0.926. The van der Waals surface area contributed by atoms with Crippen LogP contribution in [0.25, 0.3) is 0 Å². The van der Waals surface area contributed by atoms with Crippen LogP contribution in [0.5, 0.6) is 0 Å². The molecule has 0 spiro atoms. The Morgan fingerprint density at radius 3 is 1.64 bits per heavy atom. The normalized spacial score (nSPS) is 16.4. The van der Waals surface area contributed by atoms with Crippen LogP contribution in [0.4, 0.5) is 0 Å². The summed E-state index contributed by atoms with van der Waals surface area (Å²) in [6.45, 7) is 3.86. The van der Waals surface area contributed by atoms with Crippen molar-refractivity contribution in [2.45, 2.75) is 116 Å². The Bertz CT molecular complexity index is 691. The zero-order valence-electron chi connectivity index (χ0n) is 23.8. The monoisotopic (exact) mass is 534 g/mol. The first kappa shape index (κ1) is 35.0. The summed E-state index contributed by atoms with van der Waals surface area (Å²) in [5.41, 5.74) is 0. The SMILES string of the molecule is CCCCCCCCCCCCCCCCC1CC(=O)N(CCC[N+](C)(C)C)C1=O.COS(=O)(=O)[O-]. The van der Waals surface area contributed by atoms with Crippen molar-refractivity contribution in [1.29, 1.82) is 0 Å². The predicted molar refractivity (Wildman–Crippen MR) is 144 cm³/mol. The maximum atomic E-state index is 12.5. The molecular weight excluding hydrogens is 480 g/mol. The highest BCUT2D eigenvalue weighted by molar-refractivity contribution is 7.80. The molecule has 0 aromatic rings. The molecular formula is C27H54N2O6S. The predicted octanol–water partition coefficient (Wildman–Crippen LogP) is 5.42. The molecule has 0 N–H and O–H groups in total. The number of hydrogen-bond acceptors (Lipinski definition) is 6. The molecule has 1 aliphatic rings. The van der Waals surface area contributed by atoms with Crippen LogP contribution in [0.15, 0.2) is 0 Å². The van der Waals surface area contributed by atoms with E-state index in [2.05, 4.69) is 32.2 Å². The van der Waals surface area contributed by atoms with Crippen molar-refractivity contribution in [3.8, 4) is 0 Å². The summed E-state index contributed by atoms with van der Waals surface area (Å²) in [5, 5.41) is 0. The van der Waals surface area contributed by atoms with Crippen LogP contribution in [-0.2, 0) is 24.2 Å². The summed E-state index contributed by atoms with van der Waals surface area (Å²) in [6.07, 6.45) is 21.1. The highest BCUT2D eigenvalue weighted by Crippen LogP contribution is 2.25. The van der Waals surface area contributed by atoms with E-state index in [9.17, 15) is 22.6 Å². The standard InChI is InChI=1S/C26H51N2O2.CH4O4S/c1-5-6-7-8-9-10-11-12-13-14-15-16-17-18-20-24-23-25(29)27(26(24)30)21-19-22-28(2,3)4;1-5-6(2,3)4/h24H,5-23H2,1-4H3;1H3,(H,2,3,4)/q+1;/p-1. The van der Waals surface area contributed by atoms with Crippen molar-refractivity contribution in [1.82, 2.24) is 4.90 Å². The van der Waals surface area contributed by atoms with Crippen molar-refractivity contribution in [2.75, 3.05) is 41.3 Å². The largest absolute Gasteiger partial charge is 0.726 e. The third kappa shape index (κ3) is 20.1. The third-order valence-corrected chi connectivity index (χ3v) is 7.07. The van der Waals surface area contributed by atoms with Crippen molar-refractivity contribution in [2.24, 2.45) is 5.92 Å². The molecule has 1 unspecified atom stereocenters. The first-order valence-electron chi connectivity index (χ1n) is 14.1. The number of hydrogen-bond donors (Lipinski definition) is 0. The molecule has 1 saturated heterocycles. The van der Waals surface area contributed by atoms with E-state index in [1.165, 1.54) is 88.4 Å². The molecule has 1 aliphatic heterocycles. The quantitative estimate of drug-likeness (QED) is 0.0679. The van der Waals surface area contributed by atoms with Gasteiger partial charge in [0.2, 0.25) is 22.2 Å².